The van der Waals surface area contributed by atoms with E-state index >= 15 is 0 Å². The molecule has 3 heterocycles. The van der Waals surface area contributed by atoms with E-state index in [2.05, 4.69) is 29.0 Å². The van der Waals surface area contributed by atoms with Crippen molar-refractivity contribution < 1.29 is 9.59 Å². The molecule has 32 heavy (non-hydrogen) atoms. The fourth-order valence-corrected chi connectivity index (χ4v) is 5.44. The van der Waals surface area contributed by atoms with Gasteiger partial charge in [-0.15, -0.1) is 0 Å². The molecular weight excluding hydrogens is 424 g/mol. The van der Waals surface area contributed by atoms with Crippen molar-refractivity contribution in [3.8, 4) is 11.1 Å². The highest BCUT2D eigenvalue weighted by molar-refractivity contribution is 6.35. The van der Waals surface area contributed by atoms with Crippen molar-refractivity contribution >= 4 is 34.3 Å². The van der Waals surface area contributed by atoms with Crippen molar-refractivity contribution in [1.82, 2.24) is 15.2 Å². The molecule has 0 aliphatic carbocycles. The lowest BCUT2D eigenvalue weighted by molar-refractivity contribution is -0.126. The highest BCUT2D eigenvalue weighted by Crippen LogP contribution is 2.43. The van der Waals surface area contributed by atoms with Gasteiger partial charge in [-0.1, -0.05) is 36.4 Å². The molecule has 0 saturated carbocycles. The van der Waals surface area contributed by atoms with Gasteiger partial charge in [0.25, 0.3) is 0 Å². The van der Waals surface area contributed by atoms with Crippen molar-refractivity contribution in [2.24, 2.45) is 5.73 Å². The third-order valence-corrected chi connectivity index (χ3v) is 6.84. The number of aromatic amines is 1. The topological polar surface area (TPSA) is 91.2 Å². The van der Waals surface area contributed by atoms with Crippen LogP contribution in [0.4, 0.5) is 0 Å². The number of nitrogens with one attached hydrogen (secondary N) is 2. The van der Waals surface area contributed by atoms with Gasteiger partial charge in [0.05, 0.1) is 11.9 Å². The highest BCUT2D eigenvalue weighted by atomic mass is 35.5. The molecule has 0 saturated heterocycles. The molecule has 0 spiro atoms. The average molecular weight is 449 g/mol. The quantitative estimate of drug-likeness (QED) is 0.535. The number of hydrogen-bond acceptors (Lipinski definition) is 3. The number of hydrogen-bond donors (Lipinski definition) is 3. The van der Waals surface area contributed by atoms with Gasteiger partial charge in [0, 0.05) is 54.3 Å². The fraction of sp³-hybridized carbons (Fsp3) is 0.280. The maximum absolute atomic E-state index is 12.1. The van der Waals surface area contributed by atoms with Crippen molar-refractivity contribution in [2.45, 2.75) is 32.4 Å². The summed E-state index contributed by atoms with van der Waals surface area (Å²) in [6.07, 6.45) is 3.14. The Morgan fingerprint density at radius 3 is 2.88 bits per heavy atom. The molecule has 2 amide bonds. The van der Waals surface area contributed by atoms with E-state index in [1.165, 1.54) is 22.9 Å². The van der Waals surface area contributed by atoms with Crippen LogP contribution in [0.2, 0.25) is 5.02 Å². The number of rotatable bonds is 4. The average Bonchev–Trinajstić information content (AvgIpc) is 3.17. The van der Waals surface area contributed by atoms with E-state index in [4.69, 9.17) is 17.3 Å². The van der Waals surface area contributed by atoms with Crippen LogP contribution in [0.1, 0.15) is 27.9 Å². The lowest BCUT2D eigenvalue weighted by atomic mass is 9.87. The van der Waals surface area contributed by atoms with E-state index in [1.807, 2.05) is 17.0 Å². The summed E-state index contributed by atoms with van der Waals surface area (Å²) in [6.45, 7) is 6.46. The number of halogens is 1. The number of H-pyrrole nitrogens is 1. The van der Waals surface area contributed by atoms with Crippen LogP contribution in [0.5, 0.6) is 0 Å². The Labute approximate surface area is 191 Å². The van der Waals surface area contributed by atoms with Crippen LogP contribution < -0.4 is 11.1 Å². The summed E-state index contributed by atoms with van der Waals surface area (Å²) in [6, 6.07) is 8.07. The summed E-state index contributed by atoms with van der Waals surface area (Å²) >= 11 is 6.91. The second-order valence-electron chi connectivity index (χ2n) is 8.45. The van der Waals surface area contributed by atoms with Crippen molar-refractivity contribution in [3.05, 3.63) is 69.9 Å². The maximum atomic E-state index is 12.1. The van der Waals surface area contributed by atoms with E-state index in [0.717, 1.165) is 59.1 Å². The van der Waals surface area contributed by atoms with E-state index in [-0.39, 0.29) is 18.2 Å². The molecule has 164 valence electrons. The van der Waals surface area contributed by atoms with Crippen LogP contribution in [0, 0.1) is 0 Å². The third kappa shape index (κ3) is 3.40. The number of nitrogens with zero attached hydrogens (tertiary/aromatic N) is 1. The minimum atomic E-state index is -0.384. The van der Waals surface area contributed by atoms with Crippen LogP contribution >= 0.6 is 11.6 Å². The van der Waals surface area contributed by atoms with Gasteiger partial charge in [-0.25, -0.2) is 0 Å². The minimum Gasteiger partial charge on any atom is -0.369 e. The summed E-state index contributed by atoms with van der Waals surface area (Å²) in [4.78, 5) is 29.3. The van der Waals surface area contributed by atoms with Gasteiger partial charge >= 0.3 is 0 Å². The Bertz CT molecular complexity index is 1280. The molecular formula is C25H25ClN4O2. The Morgan fingerprint density at radius 1 is 1.25 bits per heavy atom. The van der Waals surface area contributed by atoms with E-state index in [1.54, 1.807) is 0 Å². The zero-order valence-electron chi connectivity index (χ0n) is 17.8. The Balaban J connectivity index is 1.73. The smallest absolute Gasteiger partial charge is 0.246 e. The number of amides is 2. The number of primary amides is 1. The van der Waals surface area contributed by atoms with Gasteiger partial charge in [-0.2, -0.15) is 0 Å². The van der Waals surface area contributed by atoms with Gasteiger partial charge < -0.3 is 20.9 Å². The largest absolute Gasteiger partial charge is 0.369 e. The molecule has 6 nitrogen and oxygen atoms in total. The van der Waals surface area contributed by atoms with Gasteiger partial charge in [-0.05, 0) is 46.4 Å². The fourth-order valence-electron chi connectivity index (χ4n) is 5.11. The second-order valence-corrected chi connectivity index (χ2v) is 8.86. The Hall–Kier alpha value is -3.09. The molecule has 3 aromatic rings. The molecule has 0 radical (unpaired) electrons. The third-order valence-electron chi connectivity index (χ3n) is 6.54. The standard InChI is InChI=1S/C25H25ClN4O2/c1-2-22(32)30-9-7-16-14(13-30)4-3-5-17(16)23-19(26)10-15(11-21(27)31)25-24(23)18-12-28-8-6-20(18)29-25/h2-5,10,28-29H,1,6-9,11-13H2,(H2,27,31). The van der Waals surface area contributed by atoms with Gasteiger partial charge in [-0.3, -0.25) is 9.59 Å². The summed E-state index contributed by atoms with van der Waals surface area (Å²) in [5, 5.41) is 5.13. The minimum absolute atomic E-state index is 0.0527. The first-order chi connectivity index (χ1) is 15.5. The Kier molecular flexibility index (Phi) is 5.27. The lowest BCUT2D eigenvalue weighted by Gasteiger charge is -2.30. The number of carbonyl (C=O) groups excluding carboxylic acids is 2. The van der Waals surface area contributed by atoms with Crippen molar-refractivity contribution in [3.63, 3.8) is 0 Å². The molecule has 0 bridgehead atoms. The molecule has 0 unspecified atom stereocenters. The van der Waals surface area contributed by atoms with Gasteiger partial charge in [0.2, 0.25) is 11.8 Å². The number of benzene rings is 2. The molecule has 7 heteroatoms. The summed E-state index contributed by atoms with van der Waals surface area (Å²) in [5.74, 6) is -0.437. The first-order valence-electron chi connectivity index (χ1n) is 10.8. The van der Waals surface area contributed by atoms with Crippen LogP contribution in [-0.4, -0.2) is 34.8 Å². The number of aromatic nitrogens is 1. The zero-order valence-corrected chi connectivity index (χ0v) is 18.5. The summed E-state index contributed by atoms with van der Waals surface area (Å²) in [5.41, 5.74) is 14.1. The van der Waals surface area contributed by atoms with Gasteiger partial charge in [0.15, 0.2) is 0 Å². The molecule has 2 aliphatic heterocycles. The molecule has 4 N–H and O–H groups in total. The van der Waals surface area contributed by atoms with Crippen LogP contribution in [0.3, 0.4) is 0 Å². The van der Waals surface area contributed by atoms with Crippen molar-refractivity contribution in [2.75, 3.05) is 13.1 Å². The monoisotopic (exact) mass is 448 g/mol. The number of carbonyl (C=O) groups is 2. The van der Waals surface area contributed by atoms with Crippen LogP contribution in [-0.2, 0) is 41.9 Å². The molecule has 2 aliphatic rings. The maximum Gasteiger partial charge on any atom is 0.246 e. The molecule has 5 rings (SSSR count). The van der Waals surface area contributed by atoms with E-state index < -0.39 is 0 Å². The SMILES string of the molecule is C=CC(=O)N1CCc2c(cccc2-c2c(Cl)cc(CC(N)=O)c3[nH]c4c(c23)CNCC4)C1. The summed E-state index contributed by atoms with van der Waals surface area (Å²) in [7, 11) is 0. The summed E-state index contributed by atoms with van der Waals surface area (Å²) < 4.78 is 0. The zero-order chi connectivity index (χ0) is 22.4. The van der Waals surface area contributed by atoms with E-state index in [9.17, 15) is 9.59 Å². The van der Waals surface area contributed by atoms with Crippen LogP contribution in [0.15, 0.2) is 36.9 Å². The first-order valence-corrected chi connectivity index (χ1v) is 11.2. The molecule has 0 fully saturated rings. The molecule has 0 atom stereocenters. The predicted octanol–water partition coefficient (Wildman–Crippen LogP) is 3.23. The van der Waals surface area contributed by atoms with Crippen LogP contribution in [0.25, 0.3) is 22.0 Å². The first kappa shape index (κ1) is 20.8. The number of fused-ring (bicyclic) bond motifs is 4. The lowest BCUT2D eigenvalue weighted by Crippen LogP contribution is -2.34. The van der Waals surface area contributed by atoms with Crippen molar-refractivity contribution in [1.29, 1.82) is 0 Å². The van der Waals surface area contributed by atoms with E-state index in [0.29, 0.717) is 18.1 Å². The second kappa shape index (κ2) is 8.11. The molecule has 2 aromatic carbocycles. The normalized spacial score (nSPS) is 15.3. The Morgan fingerprint density at radius 2 is 2.09 bits per heavy atom. The predicted molar refractivity (Wildman–Crippen MR) is 126 cm³/mol. The highest BCUT2D eigenvalue weighted by Gasteiger charge is 2.27. The van der Waals surface area contributed by atoms with Gasteiger partial charge in [0.1, 0.15) is 0 Å². The molecule has 1 aromatic heterocycles. The number of nitrogens with two attached hydrogens (primary N) is 1.